The van der Waals surface area contributed by atoms with Crippen molar-refractivity contribution in [2.45, 2.75) is 18.9 Å². The number of anilines is 3. The van der Waals surface area contributed by atoms with Crippen LogP contribution in [0.15, 0.2) is 102 Å². The zero-order valence-corrected chi connectivity index (χ0v) is 26.4. The van der Waals surface area contributed by atoms with Gasteiger partial charge in [-0.2, -0.15) is 0 Å². The summed E-state index contributed by atoms with van der Waals surface area (Å²) in [6, 6.07) is 27.1. The molecule has 3 aliphatic rings. The van der Waals surface area contributed by atoms with Gasteiger partial charge in [-0.25, -0.2) is 0 Å². The van der Waals surface area contributed by atoms with E-state index < -0.39 is 4.92 Å². The van der Waals surface area contributed by atoms with Crippen LogP contribution in [0, 0.1) is 16.0 Å². The number of pyridine rings is 1. The van der Waals surface area contributed by atoms with Gasteiger partial charge in [-0.15, -0.1) is 0 Å². The first-order valence-electron chi connectivity index (χ1n) is 16.2. The van der Waals surface area contributed by atoms with Gasteiger partial charge in [0.25, 0.3) is 17.2 Å². The van der Waals surface area contributed by atoms with E-state index in [1.54, 1.807) is 35.2 Å². The second-order valence-corrected chi connectivity index (χ2v) is 12.6. The first-order chi connectivity index (χ1) is 23.3. The highest BCUT2D eigenvalue weighted by atomic mass is 16.6. The zero-order chi connectivity index (χ0) is 33.2. The number of hydrogen-bond donors (Lipinski definition) is 1. The van der Waals surface area contributed by atoms with Crippen LogP contribution in [0.2, 0.25) is 0 Å². The van der Waals surface area contributed by atoms with Gasteiger partial charge < -0.3 is 24.6 Å². The second kappa shape index (κ2) is 13.2. The summed E-state index contributed by atoms with van der Waals surface area (Å²) in [5.74, 6) is 0.0482. The van der Waals surface area contributed by atoms with Crippen molar-refractivity contribution in [2.24, 2.45) is 5.92 Å². The number of piperazine rings is 1. The molecule has 3 aromatic carbocycles. The maximum absolute atomic E-state index is 13.8. The number of benzene rings is 3. The molecule has 2 fully saturated rings. The van der Waals surface area contributed by atoms with E-state index in [4.69, 9.17) is 0 Å². The van der Waals surface area contributed by atoms with Gasteiger partial charge in [0.05, 0.1) is 16.3 Å². The molecule has 48 heavy (non-hydrogen) atoms. The molecule has 2 saturated heterocycles. The predicted molar refractivity (Wildman–Crippen MR) is 186 cm³/mol. The number of hydrogen-bond acceptors (Lipinski definition) is 7. The fourth-order valence-corrected chi connectivity index (χ4v) is 7.18. The first-order valence-corrected chi connectivity index (χ1v) is 16.2. The molecule has 2 atom stereocenters. The summed E-state index contributed by atoms with van der Waals surface area (Å²) in [5.41, 5.74) is 4.80. The Morgan fingerprint density at radius 1 is 0.833 bits per heavy atom. The number of piperidine rings is 1. The average Bonchev–Trinajstić information content (AvgIpc) is 3.11. The fourth-order valence-electron chi connectivity index (χ4n) is 7.18. The molecule has 2 bridgehead atoms. The van der Waals surface area contributed by atoms with Crippen LogP contribution in [0.4, 0.5) is 22.7 Å². The number of carbonyl (C=O) groups is 2. The van der Waals surface area contributed by atoms with Crippen molar-refractivity contribution in [3.05, 3.63) is 134 Å². The lowest BCUT2D eigenvalue weighted by Gasteiger charge is -2.44. The first kappa shape index (κ1) is 30.9. The number of nitrogens with zero attached hydrogens (tertiary/aromatic N) is 5. The summed E-state index contributed by atoms with van der Waals surface area (Å²) < 4.78 is 1.90. The van der Waals surface area contributed by atoms with Crippen LogP contribution in [0.5, 0.6) is 0 Å². The van der Waals surface area contributed by atoms with Crippen LogP contribution in [0.1, 0.15) is 34.0 Å². The molecule has 0 aliphatic carbocycles. The van der Waals surface area contributed by atoms with Crippen LogP contribution in [0.25, 0.3) is 6.08 Å². The van der Waals surface area contributed by atoms with Crippen molar-refractivity contribution >= 4 is 40.6 Å². The Kier molecular flexibility index (Phi) is 8.49. The summed E-state index contributed by atoms with van der Waals surface area (Å²) in [7, 11) is 0. The zero-order valence-electron chi connectivity index (χ0n) is 26.4. The highest BCUT2D eigenvalue weighted by Crippen LogP contribution is 2.39. The lowest BCUT2D eigenvalue weighted by Crippen LogP contribution is -2.49. The largest absolute Gasteiger partial charge is 0.369 e. The van der Waals surface area contributed by atoms with Crippen molar-refractivity contribution in [1.29, 1.82) is 0 Å². The molecule has 1 N–H and O–H groups in total. The third kappa shape index (κ3) is 6.44. The van der Waals surface area contributed by atoms with Crippen LogP contribution >= 0.6 is 0 Å². The summed E-state index contributed by atoms with van der Waals surface area (Å²) in [6.07, 6.45) is 4.26. The maximum Gasteiger partial charge on any atom is 0.269 e. The fraction of sp³-hybridized carbons (Fsp3) is 0.270. The quantitative estimate of drug-likeness (QED) is 0.171. The van der Waals surface area contributed by atoms with Gasteiger partial charge in [0.2, 0.25) is 5.91 Å². The molecule has 244 valence electrons. The van der Waals surface area contributed by atoms with Crippen molar-refractivity contribution in [2.75, 3.05) is 54.4 Å². The summed E-state index contributed by atoms with van der Waals surface area (Å²) in [4.78, 5) is 56.4. The predicted octanol–water partition coefficient (Wildman–Crippen LogP) is 4.99. The average molecular weight is 645 g/mol. The third-order valence-electron chi connectivity index (χ3n) is 9.54. The molecule has 4 heterocycles. The number of fused-ring (bicyclic) bond motifs is 4. The molecule has 0 radical (unpaired) electrons. The summed E-state index contributed by atoms with van der Waals surface area (Å²) in [6.45, 7) is 4.26. The summed E-state index contributed by atoms with van der Waals surface area (Å²) in [5, 5.41) is 14.1. The van der Waals surface area contributed by atoms with Crippen molar-refractivity contribution in [3.63, 3.8) is 0 Å². The van der Waals surface area contributed by atoms with Crippen molar-refractivity contribution in [3.8, 4) is 0 Å². The molecule has 4 aromatic rings. The van der Waals surface area contributed by atoms with E-state index in [1.807, 2.05) is 59.2 Å². The molecular weight excluding hydrogens is 608 g/mol. The molecule has 11 heteroatoms. The van der Waals surface area contributed by atoms with Gasteiger partial charge in [0.1, 0.15) is 0 Å². The minimum Gasteiger partial charge on any atom is -0.369 e. The normalized spacial score (nSPS) is 18.8. The Morgan fingerprint density at radius 3 is 2.35 bits per heavy atom. The van der Waals surface area contributed by atoms with E-state index in [-0.39, 0.29) is 34.9 Å². The minimum atomic E-state index is -0.416. The Labute approximate surface area is 277 Å². The van der Waals surface area contributed by atoms with Crippen LogP contribution in [0.3, 0.4) is 0 Å². The smallest absolute Gasteiger partial charge is 0.269 e. The van der Waals surface area contributed by atoms with Crippen molar-refractivity contribution < 1.29 is 14.5 Å². The molecule has 2 amide bonds. The minimum absolute atomic E-state index is 0.0326. The van der Waals surface area contributed by atoms with E-state index in [0.717, 1.165) is 35.6 Å². The van der Waals surface area contributed by atoms with Gasteiger partial charge in [-0.05, 0) is 60.4 Å². The molecule has 11 nitrogen and oxygen atoms in total. The molecule has 7 rings (SSSR count). The third-order valence-corrected chi connectivity index (χ3v) is 9.54. The van der Waals surface area contributed by atoms with Crippen LogP contribution in [-0.4, -0.2) is 65.5 Å². The summed E-state index contributed by atoms with van der Waals surface area (Å²) >= 11 is 0. The Morgan fingerprint density at radius 2 is 1.60 bits per heavy atom. The van der Waals surface area contributed by atoms with E-state index >= 15 is 0 Å². The Hall–Kier alpha value is -5.71. The number of amides is 2. The number of non-ortho nitro benzene ring substituents is 1. The van der Waals surface area contributed by atoms with Gasteiger partial charge in [0.15, 0.2) is 0 Å². The number of aromatic nitrogens is 1. The van der Waals surface area contributed by atoms with Crippen molar-refractivity contribution in [1.82, 2.24) is 9.47 Å². The topological polar surface area (TPSA) is 121 Å². The Bertz CT molecular complexity index is 1930. The molecular formula is C37H36N6O5. The lowest BCUT2D eigenvalue weighted by molar-refractivity contribution is -0.384. The second-order valence-electron chi connectivity index (χ2n) is 12.6. The number of nitro groups is 1. The van der Waals surface area contributed by atoms with Gasteiger partial charge in [-0.1, -0.05) is 36.4 Å². The molecule has 3 aliphatic heterocycles. The monoisotopic (exact) mass is 644 g/mol. The molecule has 0 saturated carbocycles. The molecule has 2 unspecified atom stereocenters. The lowest BCUT2D eigenvalue weighted by atomic mass is 9.83. The number of nitro benzene ring substituents is 1. The van der Waals surface area contributed by atoms with E-state index in [2.05, 4.69) is 15.1 Å². The number of carbonyl (C=O) groups excluding carboxylic acids is 2. The molecule has 0 spiro atoms. The Balaban J connectivity index is 1.11. The SMILES string of the molecule is O=C(C=Cc1ccccc1)Nc1cc(C(=O)N2CCN(c3ccc([N+](=O)[O-])cc3)CC2)ccc1N1CC2CC(C1)c1cccc(=O)n1C2. The standard InChI is InChI=1S/C37H36N6O5/c44-35(16-9-26-5-2-1-3-6-26)38-32-22-28(37(46)40-19-17-39(18-20-40)30-11-13-31(14-12-30)43(47)48)10-15-34(32)41-23-27-21-29(25-41)33-7-4-8-36(45)42(33)24-27/h1-16,22,27,29H,17-21,23-25H2,(H,38,44). The highest BCUT2D eigenvalue weighted by Gasteiger charge is 2.35. The van der Waals surface area contributed by atoms with Gasteiger partial charge in [-0.3, -0.25) is 24.5 Å². The van der Waals surface area contributed by atoms with E-state index in [0.29, 0.717) is 50.5 Å². The van der Waals surface area contributed by atoms with Crippen LogP contribution < -0.4 is 20.7 Å². The van der Waals surface area contributed by atoms with Crippen LogP contribution in [-0.2, 0) is 11.3 Å². The number of rotatable bonds is 7. The van der Waals surface area contributed by atoms with E-state index in [1.165, 1.54) is 18.2 Å². The van der Waals surface area contributed by atoms with Gasteiger partial charge in [0, 0.05) is 93.0 Å². The van der Waals surface area contributed by atoms with E-state index in [9.17, 15) is 24.5 Å². The number of nitrogens with one attached hydrogen (secondary N) is 1. The van der Waals surface area contributed by atoms with Gasteiger partial charge >= 0.3 is 0 Å². The maximum atomic E-state index is 13.8. The molecule has 1 aromatic heterocycles. The highest BCUT2D eigenvalue weighted by molar-refractivity contribution is 6.05.